The predicted octanol–water partition coefficient (Wildman–Crippen LogP) is 2.42. The molecule has 0 fully saturated rings. The van der Waals surface area contributed by atoms with Crippen LogP contribution in [-0.4, -0.2) is 13.4 Å². The van der Waals surface area contributed by atoms with Gasteiger partial charge in [0.1, 0.15) is 16.7 Å². The van der Waals surface area contributed by atoms with Gasteiger partial charge >= 0.3 is 0 Å². The summed E-state index contributed by atoms with van der Waals surface area (Å²) in [5.74, 6) is 0. The molecule has 0 atom stereocenters. The van der Waals surface area contributed by atoms with Gasteiger partial charge in [0.25, 0.3) is 15.5 Å². The number of pyridine rings is 1. The molecule has 0 saturated carbocycles. The molecule has 0 bridgehead atoms. The Labute approximate surface area is 108 Å². The summed E-state index contributed by atoms with van der Waals surface area (Å²) in [6.45, 7) is 0. The monoisotopic (exact) mass is 378 g/mol. The van der Waals surface area contributed by atoms with Crippen molar-refractivity contribution >= 4 is 42.3 Å². The van der Waals surface area contributed by atoms with Crippen molar-refractivity contribution in [3.63, 3.8) is 0 Å². The van der Waals surface area contributed by atoms with Crippen molar-refractivity contribution < 1.29 is 17.2 Å². The highest BCUT2D eigenvalue weighted by Gasteiger charge is 2.25. The molecule has 0 N–H and O–H groups in total. The average Bonchev–Trinajstić information content (AvgIpc) is 2.15. The van der Waals surface area contributed by atoms with Crippen LogP contribution in [0.3, 0.4) is 0 Å². The number of nitrogens with zero attached hydrogens (tertiary/aromatic N) is 2. The minimum Gasteiger partial charge on any atom is -0.234 e. The van der Waals surface area contributed by atoms with Crippen molar-refractivity contribution in [2.75, 3.05) is 0 Å². The first-order chi connectivity index (χ1) is 7.27. The van der Waals surface area contributed by atoms with Crippen molar-refractivity contribution in [1.82, 2.24) is 4.98 Å². The van der Waals surface area contributed by atoms with Gasteiger partial charge in [0.05, 0.1) is 3.57 Å². The fourth-order valence-electron chi connectivity index (χ4n) is 0.916. The lowest BCUT2D eigenvalue weighted by Crippen LogP contribution is -2.05. The Bertz CT molecular complexity index is 570. The highest BCUT2D eigenvalue weighted by molar-refractivity contribution is 14.1. The van der Waals surface area contributed by atoms with Crippen molar-refractivity contribution in [1.29, 1.82) is 5.26 Å². The van der Waals surface area contributed by atoms with E-state index in [1.807, 2.05) is 0 Å². The number of rotatable bonds is 2. The van der Waals surface area contributed by atoms with Crippen LogP contribution in [0.4, 0.5) is 8.78 Å². The van der Waals surface area contributed by atoms with Gasteiger partial charge in [-0.05, 0) is 28.7 Å². The van der Waals surface area contributed by atoms with E-state index in [4.69, 9.17) is 15.9 Å². The summed E-state index contributed by atoms with van der Waals surface area (Å²) in [7, 11) is 0.677. The summed E-state index contributed by atoms with van der Waals surface area (Å²) < 4.78 is 47.2. The van der Waals surface area contributed by atoms with Gasteiger partial charge in [0, 0.05) is 10.7 Å². The maximum atomic E-state index is 12.5. The molecule has 0 aliphatic carbocycles. The summed E-state index contributed by atoms with van der Waals surface area (Å²) in [5, 5.41) is 8.57. The predicted molar refractivity (Wildman–Crippen MR) is 59.7 cm³/mol. The van der Waals surface area contributed by atoms with E-state index in [2.05, 4.69) is 4.98 Å². The molecule has 86 valence electrons. The van der Waals surface area contributed by atoms with Gasteiger partial charge in [0.2, 0.25) is 0 Å². The van der Waals surface area contributed by atoms with Crippen molar-refractivity contribution in [2.45, 2.75) is 11.3 Å². The molecule has 0 saturated heterocycles. The lowest BCUT2D eigenvalue weighted by atomic mass is 10.3. The number of hydrogen-bond acceptors (Lipinski definition) is 4. The van der Waals surface area contributed by atoms with Crippen LogP contribution in [0.15, 0.2) is 11.0 Å². The molecule has 1 aromatic heterocycles. The Morgan fingerprint density at radius 3 is 2.50 bits per heavy atom. The zero-order valence-corrected chi connectivity index (χ0v) is 11.0. The largest absolute Gasteiger partial charge is 0.281 e. The minimum absolute atomic E-state index is 0.142. The Morgan fingerprint density at radius 1 is 1.56 bits per heavy atom. The van der Waals surface area contributed by atoms with E-state index >= 15 is 0 Å². The first kappa shape index (κ1) is 13.5. The molecule has 0 radical (unpaired) electrons. The summed E-state index contributed by atoms with van der Waals surface area (Å²) in [5.41, 5.74) is -1.27. The summed E-state index contributed by atoms with van der Waals surface area (Å²) >= 11 is 1.61. The van der Waals surface area contributed by atoms with Crippen LogP contribution in [0.25, 0.3) is 0 Å². The zero-order valence-electron chi connectivity index (χ0n) is 7.29. The molecule has 0 spiro atoms. The van der Waals surface area contributed by atoms with E-state index in [1.54, 1.807) is 28.7 Å². The Morgan fingerprint density at radius 2 is 2.12 bits per heavy atom. The summed E-state index contributed by atoms with van der Waals surface area (Å²) in [6, 6.07) is 2.48. The van der Waals surface area contributed by atoms with E-state index in [-0.39, 0.29) is 9.26 Å². The van der Waals surface area contributed by atoms with Crippen molar-refractivity contribution in [3.8, 4) is 6.07 Å². The second-order valence-electron chi connectivity index (χ2n) is 2.55. The normalized spacial score (nSPS) is 11.5. The Hall–Kier alpha value is -0.530. The van der Waals surface area contributed by atoms with Gasteiger partial charge in [-0.3, -0.25) is 0 Å². The third-order valence-corrected chi connectivity index (χ3v) is 3.72. The Balaban J connectivity index is 3.63. The lowest BCUT2D eigenvalue weighted by Gasteiger charge is -2.06. The molecule has 0 aromatic carbocycles. The third kappa shape index (κ3) is 2.78. The van der Waals surface area contributed by atoms with E-state index in [1.165, 1.54) is 0 Å². The van der Waals surface area contributed by atoms with Gasteiger partial charge in [-0.15, -0.1) is 0 Å². The smallest absolute Gasteiger partial charge is 0.234 e. The number of aromatic nitrogens is 1. The van der Waals surface area contributed by atoms with Crippen LogP contribution < -0.4 is 0 Å². The van der Waals surface area contributed by atoms with Crippen LogP contribution in [-0.2, 0) is 9.05 Å². The first-order valence-electron chi connectivity index (χ1n) is 3.60. The van der Waals surface area contributed by atoms with Crippen molar-refractivity contribution in [2.24, 2.45) is 0 Å². The minimum atomic E-state index is -4.31. The average molecular weight is 379 g/mol. The van der Waals surface area contributed by atoms with E-state index in [0.717, 1.165) is 6.07 Å². The molecule has 9 heteroatoms. The third-order valence-electron chi connectivity index (χ3n) is 1.54. The van der Waals surface area contributed by atoms with Gasteiger partial charge < -0.3 is 0 Å². The second-order valence-corrected chi connectivity index (χ2v) is 6.25. The second kappa shape index (κ2) is 4.77. The molecule has 0 unspecified atom stereocenters. The van der Waals surface area contributed by atoms with Gasteiger partial charge in [0.15, 0.2) is 5.69 Å². The quantitative estimate of drug-likeness (QED) is 0.585. The summed E-state index contributed by atoms with van der Waals surface area (Å²) in [6.07, 6.45) is -3.12. The SMILES string of the molecule is N#Cc1nc(C(F)F)c(S(=O)(=O)Cl)cc1I. The van der Waals surface area contributed by atoms with Crippen molar-refractivity contribution in [3.05, 3.63) is 21.0 Å². The van der Waals surface area contributed by atoms with Crippen LogP contribution in [0.1, 0.15) is 17.8 Å². The first-order valence-corrected chi connectivity index (χ1v) is 6.99. The molecule has 1 rings (SSSR count). The standard InChI is InChI=1S/C7H2ClF2IN2O2S/c8-16(14,15)5-1-3(11)4(2-12)13-6(5)7(9)10/h1,7H. The summed E-state index contributed by atoms with van der Waals surface area (Å²) in [4.78, 5) is 2.50. The maximum absolute atomic E-state index is 12.5. The van der Waals surface area contributed by atoms with Gasteiger partial charge in [-0.25, -0.2) is 22.2 Å². The highest BCUT2D eigenvalue weighted by Crippen LogP contribution is 2.29. The van der Waals surface area contributed by atoms with Gasteiger partial charge in [-0.1, -0.05) is 0 Å². The molecule has 1 heterocycles. The molecule has 0 aliphatic rings. The number of halogens is 4. The number of hydrogen-bond donors (Lipinski definition) is 0. The number of nitriles is 1. The maximum Gasteiger partial charge on any atom is 0.281 e. The van der Waals surface area contributed by atoms with E-state index in [9.17, 15) is 17.2 Å². The molecular weight excluding hydrogens is 377 g/mol. The van der Waals surface area contributed by atoms with E-state index in [0.29, 0.717) is 0 Å². The molecule has 0 amide bonds. The highest BCUT2D eigenvalue weighted by atomic mass is 127. The fraction of sp³-hybridized carbons (Fsp3) is 0.143. The molecule has 1 aromatic rings. The van der Waals surface area contributed by atoms with Gasteiger partial charge in [-0.2, -0.15) is 5.26 Å². The van der Waals surface area contributed by atoms with Crippen LogP contribution in [0.2, 0.25) is 0 Å². The van der Waals surface area contributed by atoms with E-state index < -0.39 is 26.1 Å². The fourth-order valence-corrected chi connectivity index (χ4v) is 2.69. The number of alkyl halides is 2. The van der Waals surface area contributed by atoms with Crippen LogP contribution >= 0.6 is 33.3 Å². The topological polar surface area (TPSA) is 70.8 Å². The lowest BCUT2D eigenvalue weighted by molar-refractivity contribution is 0.142. The molecule has 16 heavy (non-hydrogen) atoms. The Kier molecular flexibility index (Phi) is 4.03. The van der Waals surface area contributed by atoms with Crippen LogP contribution in [0, 0.1) is 14.9 Å². The molecular formula is C7H2ClF2IN2O2S. The molecule has 0 aliphatic heterocycles. The zero-order chi connectivity index (χ0) is 12.5. The van der Waals surface area contributed by atoms with Crippen LogP contribution in [0.5, 0.6) is 0 Å². The molecule has 4 nitrogen and oxygen atoms in total.